The maximum absolute atomic E-state index is 12.4. The summed E-state index contributed by atoms with van der Waals surface area (Å²) in [5.74, 6) is -0.529. The standard InChI is InChI=1S/C14H20N4O3/c1-14(2,3)13-16-7-8(11(20)17-13)12(21)18-6-4-5-9(18)10(15)19/h7,9H,4-6H2,1-3H3,(H2,15,19)(H,16,17,20)/t9-/m0/s1. The van der Waals surface area contributed by atoms with E-state index in [0.717, 1.165) is 0 Å². The Morgan fingerprint density at radius 1 is 1.43 bits per heavy atom. The molecule has 1 saturated heterocycles. The zero-order valence-corrected chi connectivity index (χ0v) is 12.5. The van der Waals surface area contributed by atoms with Gasteiger partial charge in [0.1, 0.15) is 17.4 Å². The van der Waals surface area contributed by atoms with E-state index in [2.05, 4.69) is 9.97 Å². The molecule has 1 aromatic rings. The first-order valence-corrected chi connectivity index (χ1v) is 6.92. The highest BCUT2D eigenvalue weighted by Crippen LogP contribution is 2.20. The monoisotopic (exact) mass is 292 g/mol. The number of aromatic nitrogens is 2. The fourth-order valence-electron chi connectivity index (χ4n) is 2.39. The van der Waals surface area contributed by atoms with Gasteiger partial charge in [-0.1, -0.05) is 20.8 Å². The third-order valence-electron chi connectivity index (χ3n) is 3.58. The molecule has 7 nitrogen and oxygen atoms in total. The molecule has 3 N–H and O–H groups in total. The molecule has 0 unspecified atom stereocenters. The van der Waals surface area contributed by atoms with Crippen molar-refractivity contribution in [3.05, 3.63) is 27.9 Å². The quantitative estimate of drug-likeness (QED) is 0.809. The maximum atomic E-state index is 12.4. The maximum Gasteiger partial charge on any atom is 0.263 e. The van der Waals surface area contributed by atoms with E-state index >= 15 is 0 Å². The highest BCUT2D eigenvalue weighted by molar-refractivity contribution is 5.97. The van der Waals surface area contributed by atoms with E-state index in [9.17, 15) is 14.4 Å². The van der Waals surface area contributed by atoms with Crippen LogP contribution in [0.25, 0.3) is 0 Å². The molecule has 1 aliphatic rings. The van der Waals surface area contributed by atoms with Crippen LogP contribution in [0.3, 0.4) is 0 Å². The third kappa shape index (κ3) is 2.96. The first-order valence-electron chi connectivity index (χ1n) is 6.92. The Balaban J connectivity index is 2.32. The van der Waals surface area contributed by atoms with Crippen molar-refractivity contribution in [2.24, 2.45) is 5.73 Å². The Morgan fingerprint density at radius 2 is 2.10 bits per heavy atom. The van der Waals surface area contributed by atoms with Gasteiger partial charge in [-0.05, 0) is 12.8 Å². The Hall–Kier alpha value is -2.18. The summed E-state index contributed by atoms with van der Waals surface area (Å²) in [5, 5.41) is 0. The Bertz CT molecular complexity index is 630. The summed E-state index contributed by atoms with van der Waals surface area (Å²) >= 11 is 0. The molecule has 2 amide bonds. The summed E-state index contributed by atoms with van der Waals surface area (Å²) < 4.78 is 0. The number of nitrogens with zero attached hydrogens (tertiary/aromatic N) is 2. The molecule has 1 aromatic heterocycles. The average Bonchev–Trinajstić information content (AvgIpc) is 2.86. The summed E-state index contributed by atoms with van der Waals surface area (Å²) in [5.41, 5.74) is 4.42. The number of hydrogen-bond acceptors (Lipinski definition) is 4. The van der Waals surface area contributed by atoms with Gasteiger partial charge in [0.2, 0.25) is 5.91 Å². The minimum absolute atomic E-state index is 0.0591. The van der Waals surface area contributed by atoms with Crippen LogP contribution in [0.15, 0.2) is 11.0 Å². The molecule has 2 rings (SSSR count). The molecule has 7 heteroatoms. The molecule has 0 spiro atoms. The molecule has 2 heterocycles. The zero-order chi connectivity index (χ0) is 15.8. The van der Waals surface area contributed by atoms with Crippen LogP contribution in [0.5, 0.6) is 0 Å². The number of carbonyl (C=O) groups excluding carboxylic acids is 2. The van der Waals surface area contributed by atoms with E-state index in [-0.39, 0.29) is 11.0 Å². The van der Waals surface area contributed by atoms with Crippen LogP contribution in [0.2, 0.25) is 0 Å². The van der Waals surface area contributed by atoms with Crippen LogP contribution in [-0.4, -0.2) is 39.3 Å². The Morgan fingerprint density at radius 3 is 2.62 bits per heavy atom. The SMILES string of the molecule is CC(C)(C)c1ncc(C(=O)N2CCC[C@H]2C(N)=O)c(=O)[nH]1. The summed E-state index contributed by atoms with van der Waals surface area (Å²) in [6.07, 6.45) is 2.51. The molecular formula is C14H20N4O3. The van der Waals surface area contributed by atoms with Gasteiger partial charge in [0.25, 0.3) is 11.5 Å². The molecule has 1 atom stereocenters. The number of aromatic amines is 1. The predicted molar refractivity (Wildman–Crippen MR) is 76.8 cm³/mol. The van der Waals surface area contributed by atoms with Crippen LogP contribution >= 0.6 is 0 Å². The summed E-state index contributed by atoms with van der Waals surface area (Å²) in [6, 6.07) is -0.640. The second kappa shape index (κ2) is 5.31. The van der Waals surface area contributed by atoms with Gasteiger partial charge in [-0.15, -0.1) is 0 Å². The van der Waals surface area contributed by atoms with Gasteiger partial charge in [0.05, 0.1) is 0 Å². The highest BCUT2D eigenvalue weighted by atomic mass is 16.2. The number of carbonyl (C=O) groups is 2. The lowest BCUT2D eigenvalue weighted by atomic mass is 9.96. The molecule has 21 heavy (non-hydrogen) atoms. The lowest BCUT2D eigenvalue weighted by molar-refractivity contribution is -0.121. The van der Waals surface area contributed by atoms with Crippen molar-refractivity contribution in [1.82, 2.24) is 14.9 Å². The van der Waals surface area contributed by atoms with E-state index in [0.29, 0.717) is 25.2 Å². The number of nitrogens with two attached hydrogens (primary N) is 1. The molecule has 0 aliphatic carbocycles. The highest BCUT2D eigenvalue weighted by Gasteiger charge is 2.34. The minimum Gasteiger partial charge on any atom is -0.368 e. The average molecular weight is 292 g/mol. The molecule has 0 radical (unpaired) electrons. The Kier molecular flexibility index (Phi) is 3.85. The normalized spacial score (nSPS) is 18.8. The van der Waals surface area contributed by atoms with Crippen LogP contribution in [0.1, 0.15) is 49.8 Å². The topological polar surface area (TPSA) is 109 Å². The number of amides is 2. The summed E-state index contributed by atoms with van der Waals surface area (Å²) in [7, 11) is 0. The molecule has 0 bridgehead atoms. The van der Waals surface area contributed by atoms with E-state index in [1.165, 1.54) is 11.1 Å². The smallest absolute Gasteiger partial charge is 0.263 e. The number of likely N-dealkylation sites (tertiary alicyclic amines) is 1. The van der Waals surface area contributed by atoms with Crippen molar-refractivity contribution in [1.29, 1.82) is 0 Å². The van der Waals surface area contributed by atoms with Crippen molar-refractivity contribution in [2.45, 2.75) is 45.1 Å². The second-order valence-electron chi connectivity index (χ2n) is 6.28. The number of rotatable bonds is 2. The first kappa shape index (κ1) is 15.2. The fourth-order valence-corrected chi connectivity index (χ4v) is 2.39. The summed E-state index contributed by atoms with van der Waals surface area (Å²) in [4.78, 5) is 44.0. The summed E-state index contributed by atoms with van der Waals surface area (Å²) in [6.45, 7) is 6.16. The van der Waals surface area contributed by atoms with Gasteiger partial charge in [0, 0.05) is 18.2 Å². The largest absolute Gasteiger partial charge is 0.368 e. The van der Waals surface area contributed by atoms with Crippen molar-refractivity contribution >= 4 is 11.8 Å². The number of H-pyrrole nitrogens is 1. The van der Waals surface area contributed by atoms with Crippen molar-refractivity contribution in [3.63, 3.8) is 0 Å². The number of primary amides is 1. The van der Waals surface area contributed by atoms with Crippen LogP contribution < -0.4 is 11.3 Å². The van der Waals surface area contributed by atoms with E-state index in [1.54, 1.807) is 0 Å². The Labute approximate surface area is 122 Å². The van der Waals surface area contributed by atoms with Gasteiger partial charge in [-0.25, -0.2) is 4.98 Å². The minimum atomic E-state index is -0.640. The van der Waals surface area contributed by atoms with E-state index in [4.69, 9.17) is 5.73 Å². The lowest BCUT2D eigenvalue weighted by Crippen LogP contribution is -2.45. The van der Waals surface area contributed by atoms with Crippen LogP contribution in [0, 0.1) is 0 Å². The van der Waals surface area contributed by atoms with Crippen LogP contribution in [0.4, 0.5) is 0 Å². The van der Waals surface area contributed by atoms with Crippen molar-refractivity contribution in [2.75, 3.05) is 6.54 Å². The van der Waals surface area contributed by atoms with Gasteiger partial charge < -0.3 is 15.6 Å². The van der Waals surface area contributed by atoms with Crippen molar-refractivity contribution < 1.29 is 9.59 Å². The van der Waals surface area contributed by atoms with Gasteiger partial charge in [-0.2, -0.15) is 0 Å². The molecule has 0 saturated carbocycles. The molecule has 1 fully saturated rings. The van der Waals surface area contributed by atoms with E-state index < -0.39 is 23.4 Å². The lowest BCUT2D eigenvalue weighted by Gasteiger charge is -2.22. The second-order valence-corrected chi connectivity index (χ2v) is 6.28. The van der Waals surface area contributed by atoms with Gasteiger partial charge in [0.15, 0.2) is 0 Å². The van der Waals surface area contributed by atoms with Gasteiger partial charge in [-0.3, -0.25) is 14.4 Å². The predicted octanol–water partition coefficient (Wildman–Crippen LogP) is 0.157. The number of nitrogens with one attached hydrogen (secondary N) is 1. The first-order chi connectivity index (χ1) is 9.71. The van der Waals surface area contributed by atoms with Crippen LogP contribution in [-0.2, 0) is 10.2 Å². The fraction of sp³-hybridized carbons (Fsp3) is 0.571. The molecule has 0 aromatic carbocycles. The number of hydrogen-bond donors (Lipinski definition) is 2. The van der Waals surface area contributed by atoms with Crippen molar-refractivity contribution in [3.8, 4) is 0 Å². The third-order valence-corrected chi connectivity index (χ3v) is 3.58. The van der Waals surface area contributed by atoms with E-state index in [1.807, 2.05) is 20.8 Å². The molecule has 114 valence electrons. The zero-order valence-electron chi connectivity index (χ0n) is 12.5. The molecular weight excluding hydrogens is 272 g/mol. The van der Waals surface area contributed by atoms with Gasteiger partial charge >= 0.3 is 0 Å². The molecule has 1 aliphatic heterocycles.